The van der Waals surface area contributed by atoms with Crippen LogP contribution in [0.4, 0.5) is 4.39 Å². The lowest BCUT2D eigenvalue weighted by molar-refractivity contribution is 0.0748. The van der Waals surface area contributed by atoms with Gasteiger partial charge in [0.25, 0.3) is 5.91 Å². The first-order valence-corrected chi connectivity index (χ1v) is 6.78. The Kier molecular flexibility index (Phi) is 4.74. The molecule has 0 aliphatic heterocycles. The van der Waals surface area contributed by atoms with E-state index < -0.39 is 5.82 Å². The van der Waals surface area contributed by atoms with Gasteiger partial charge in [-0.3, -0.25) is 4.79 Å². The van der Waals surface area contributed by atoms with E-state index in [9.17, 15) is 9.18 Å². The Morgan fingerprint density at radius 1 is 1.15 bits per heavy atom. The number of nitrogens with zero attached hydrogens (tertiary/aromatic N) is 1. The second-order valence-electron chi connectivity index (χ2n) is 4.40. The minimum atomic E-state index is -0.589. The Morgan fingerprint density at radius 2 is 1.85 bits per heavy atom. The Hall–Kier alpha value is -1.87. The molecule has 0 aliphatic rings. The molecule has 0 bridgehead atoms. The topological polar surface area (TPSA) is 20.3 Å². The number of hydrogen-bond donors (Lipinski definition) is 0. The highest BCUT2D eigenvalue weighted by atomic mass is 35.5. The zero-order valence-electron chi connectivity index (χ0n) is 11.1. The van der Waals surface area contributed by atoms with Gasteiger partial charge in [0.1, 0.15) is 5.82 Å². The molecule has 0 heterocycles. The number of halogens is 2. The third-order valence-corrected chi connectivity index (χ3v) is 3.38. The second kappa shape index (κ2) is 6.53. The minimum Gasteiger partial charge on any atom is -0.334 e. The quantitative estimate of drug-likeness (QED) is 0.829. The largest absolute Gasteiger partial charge is 0.334 e. The van der Waals surface area contributed by atoms with Crippen LogP contribution in [0.25, 0.3) is 0 Å². The molecule has 0 saturated carbocycles. The molecule has 0 fully saturated rings. The highest BCUT2D eigenvalue weighted by molar-refractivity contribution is 6.33. The highest BCUT2D eigenvalue weighted by Gasteiger charge is 2.21. The van der Waals surface area contributed by atoms with Crippen molar-refractivity contribution in [3.8, 4) is 0 Å². The summed E-state index contributed by atoms with van der Waals surface area (Å²) in [7, 11) is 0. The van der Waals surface area contributed by atoms with Gasteiger partial charge in [-0.1, -0.05) is 48.0 Å². The van der Waals surface area contributed by atoms with Crippen LogP contribution in [0.1, 0.15) is 22.8 Å². The number of hydrogen-bond acceptors (Lipinski definition) is 1. The monoisotopic (exact) mass is 291 g/mol. The lowest BCUT2D eigenvalue weighted by atomic mass is 10.1. The molecule has 0 N–H and O–H groups in total. The molecule has 0 saturated heterocycles. The molecule has 0 aromatic heterocycles. The van der Waals surface area contributed by atoms with E-state index in [2.05, 4.69) is 0 Å². The zero-order valence-corrected chi connectivity index (χ0v) is 11.9. The van der Waals surface area contributed by atoms with Gasteiger partial charge in [-0.15, -0.1) is 0 Å². The van der Waals surface area contributed by atoms with Crippen molar-refractivity contribution >= 4 is 17.5 Å². The van der Waals surface area contributed by atoms with Crippen molar-refractivity contribution in [3.63, 3.8) is 0 Å². The number of carbonyl (C=O) groups is 1. The SMILES string of the molecule is CCN(Cc1ccccc1)C(=O)c1c(F)cccc1Cl. The molecule has 20 heavy (non-hydrogen) atoms. The summed E-state index contributed by atoms with van der Waals surface area (Å²) in [5, 5.41) is 0.140. The van der Waals surface area contributed by atoms with Gasteiger partial charge in [-0.25, -0.2) is 4.39 Å². The molecular weight excluding hydrogens is 277 g/mol. The maximum atomic E-state index is 13.8. The first-order valence-electron chi connectivity index (χ1n) is 6.40. The Morgan fingerprint density at radius 3 is 2.45 bits per heavy atom. The van der Waals surface area contributed by atoms with Crippen LogP contribution in [0.5, 0.6) is 0 Å². The average molecular weight is 292 g/mol. The molecule has 0 radical (unpaired) electrons. The van der Waals surface area contributed by atoms with Gasteiger partial charge < -0.3 is 4.90 Å². The number of carbonyl (C=O) groups excluding carboxylic acids is 1. The molecule has 0 spiro atoms. The second-order valence-corrected chi connectivity index (χ2v) is 4.81. The fraction of sp³-hybridized carbons (Fsp3) is 0.188. The Labute approximate surface area is 122 Å². The Balaban J connectivity index is 2.26. The average Bonchev–Trinajstić information content (AvgIpc) is 2.45. The van der Waals surface area contributed by atoms with E-state index in [4.69, 9.17) is 11.6 Å². The summed E-state index contributed by atoms with van der Waals surface area (Å²) in [5.74, 6) is -0.978. The summed E-state index contributed by atoms with van der Waals surface area (Å²) in [4.78, 5) is 14.0. The van der Waals surface area contributed by atoms with E-state index in [0.29, 0.717) is 13.1 Å². The van der Waals surface area contributed by atoms with Crippen molar-refractivity contribution in [1.29, 1.82) is 0 Å². The molecule has 0 unspecified atom stereocenters. The molecule has 1 amide bonds. The van der Waals surface area contributed by atoms with Crippen molar-refractivity contribution in [2.75, 3.05) is 6.54 Å². The molecule has 2 aromatic carbocycles. The first kappa shape index (κ1) is 14.5. The predicted molar refractivity (Wildman–Crippen MR) is 78.3 cm³/mol. The van der Waals surface area contributed by atoms with Crippen molar-refractivity contribution in [3.05, 3.63) is 70.5 Å². The van der Waals surface area contributed by atoms with Crippen molar-refractivity contribution < 1.29 is 9.18 Å². The molecule has 0 atom stereocenters. The van der Waals surface area contributed by atoms with E-state index in [1.54, 1.807) is 4.90 Å². The van der Waals surface area contributed by atoms with E-state index in [-0.39, 0.29) is 16.5 Å². The van der Waals surface area contributed by atoms with Gasteiger partial charge in [0.05, 0.1) is 10.6 Å². The van der Waals surface area contributed by atoms with E-state index in [1.807, 2.05) is 37.3 Å². The lowest BCUT2D eigenvalue weighted by Crippen LogP contribution is -2.31. The van der Waals surface area contributed by atoms with Crippen LogP contribution in [0.3, 0.4) is 0 Å². The highest BCUT2D eigenvalue weighted by Crippen LogP contribution is 2.21. The molecule has 104 valence electrons. The van der Waals surface area contributed by atoms with Gasteiger partial charge in [-0.05, 0) is 24.6 Å². The fourth-order valence-electron chi connectivity index (χ4n) is 1.99. The van der Waals surface area contributed by atoms with Gasteiger partial charge in [-0.2, -0.15) is 0 Å². The van der Waals surface area contributed by atoms with Gasteiger partial charge >= 0.3 is 0 Å². The lowest BCUT2D eigenvalue weighted by Gasteiger charge is -2.21. The fourth-order valence-corrected chi connectivity index (χ4v) is 2.24. The Bertz CT molecular complexity index is 580. The minimum absolute atomic E-state index is 0.0630. The molecule has 4 heteroatoms. The van der Waals surface area contributed by atoms with Crippen molar-refractivity contribution in [2.24, 2.45) is 0 Å². The van der Waals surface area contributed by atoms with E-state index >= 15 is 0 Å². The maximum Gasteiger partial charge on any atom is 0.258 e. The maximum absolute atomic E-state index is 13.8. The third kappa shape index (κ3) is 3.17. The third-order valence-electron chi connectivity index (χ3n) is 3.06. The molecule has 2 rings (SSSR count). The van der Waals surface area contributed by atoms with Gasteiger partial charge in [0.15, 0.2) is 0 Å². The van der Waals surface area contributed by atoms with Crippen LogP contribution in [-0.2, 0) is 6.54 Å². The van der Waals surface area contributed by atoms with E-state index in [1.165, 1.54) is 18.2 Å². The van der Waals surface area contributed by atoms with Crippen LogP contribution >= 0.6 is 11.6 Å². The molecular formula is C16H15ClFNO. The van der Waals surface area contributed by atoms with Crippen LogP contribution in [-0.4, -0.2) is 17.4 Å². The normalized spacial score (nSPS) is 10.3. The predicted octanol–water partition coefficient (Wildman–Crippen LogP) is 4.14. The molecule has 2 aromatic rings. The summed E-state index contributed by atoms with van der Waals surface area (Å²) in [6.45, 7) is 2.77. The van der Waals surface area contributed by atoms with Crippen molar-refractivity contribution in [1.82, 2.24) is 4.90 Å². The van der Waals surface area contributed by atoms with Crippen LogP contribution in [0.15, 0.2) is 48.5 Å². The summed E-state index contributed by atoms with van der Waals surface area (Å²) < 4.78 is 13.8. The van der Waals surface area contributed by atoms with Crippen molar-refractivity contribution in [2.45, 2.75) is 13.5 Å². The van der Waals surface area contributed by atoms with Gasteiger partial charge in [0, 0.05) is 13.1 Å². The smallest absolute Gasteiger partial charge is 0.258 e. The zero-order chi connectivity index (χ0) is 14.5. The summed E-state index contributed by atoms with van der Waals surface area (Å²) in [6.07, 6.45) is 0. The number of amides is 1. The van der Waals surface area contributed by atoms with E-state index in [0.717, 1.165) is 5.56 Å². The standard InChI is InChI=1S/C16H15ClFNO/c1-2-19(11-12-7-4-3-5-8-12)16(20)15-13(17)9-6-10-14(15)18/h3-10H,2,11H2,1H3. The van der Waals surface area contributed by atoms with Crippen LogP contribution in [0, 0.1) is 5.82 Å². The number of rotatable bonds is 4. The van der Waals surface area contributed by atoms with Crippen LogP contribution < -0.4 is 0 Å². The van der Waals surface area contributed by atoms with Crippen LogP contribution in [0.2, 0.25) is 5.02 Å². The first-order chi connectivity index (χ1) is 9.63. The molecule has 2 nitrogen and oxygen atoms in total. The summed E-state index contributed by atoms with van der Waals surface area (Å²) in [6, 6.07) is 13.8. The number of benzene rings is 2. The summed E-state index contributed by atoms with van der Waals surface area (Å²) in [5.41, 5.74) is 0.933. The van der Waals surface area contributed by atoms with Gasteiger partial charge in [0.2, 0.25) is 0 Å². The molecule has 0 aliphatic carbocycles. The summed E-state index contributed by atoms with van der Waals surface area (Å²) >= 11 is 5.94.